The molecule has 0 aliphatic rings. The molecule has 0 amide bonds. The van der Waals surface area contributed by atoms with Gasteiger partial charge in [-0.1, -0.05) is 54.6 Å². The molecule has 0 spiro atoms. The first-order valence-electron chi connectivity index (χ1n) is 8.92. The fourth-order valence-corrected chi connectivity index (χ4v) is 2.81. The van der Waals surface area contributed by atoms with Crippen LogP contribution in [0.4, 0.5) is 11.4 Å². The summed E-state index contributed by atoms with van der Waals surface area (Å²) < 4.78 is 10.5. The van der Waals surface area contributed by atoms with Crippen LogP contribution in [0.5, 0.6) is 11.5 Å². The Morgan fingerprint density at radius 3 is 1.36 bits per heavy atom. The molecule has 3 rings (SSSR count). The maximum atomic E-state index is 5.86. The van der Waals surface area contributed by atoms with Crippen molar-refractivity contribution in [1.82, 2.24) is 0 Å². The number of nitrogen functional groups attached to an aromatic ring is 2. The molecule has 0 aromatic heterocycles. The average Bonchev–Trinajstić information content (AvgIpc) is 2.73. The van der Waals surface area contributed by atoms with Crippen molar-refractivity contribution in [3.8, 4) is 11.5 Å². The second-order valence-corrected chi connectivity index (χ2v) is 6.34. The van der Waals surface area contributed by atoms with Crippen molar-refractivity contribution >= 4 is 35.7 Å². The summed E-state index contributed by atoms with van der Waals surface area (Å²) in [6.45, 7) is 0. The normalized spacial score (nSPS) is 11.2. The molecular formula is C24H24N2O2. The van der Waals surface area contributed by atoms with Gasteiger partial charge in [-0.05, 0) is 52.6 Å². The number of nitrogens with two attached hydrogens (primary N) is 2. The Labute approximate surface area is 165 Å². The predicted octanol–water partition coefficient (Wildman–Crippen LogP) is 5.21. The van der Waals surface area contributed by atoms with Crippen LogP contribution < -0.4 is 20.9 Å². The van der Waals surface area contributed by atoms with Crippen LogP contribution in [0.25, 0.3) is 24.3 Å². The van der Waals surface area contributed by atoms with Crippen LogP contribution in [0.3, 0.4) is 0 Å². The Morgan fingerprint density at radius 2 is 0.964 bits per heavy atom. The smallest absolute Gasteiger partial charge is 0.142 e. The molecule has 3 aromatic carbocycles. The van der Waals surface area contributed by atoms with E-state index in [0.29, 0.717) is 22.9 Å². The van der Waals surface area contributed by atoms with E-state index in [9.17, 15) is 0 Å². The van der Waals surface area contributed by atoms with E-state index < -0.39 is 0 Å². The van der Waals surface area contributed by atoms with E-state index in [2.05, 4.69) is 30.4 Å². The monoisotopic (exact) mass is 372 g/mol. The molecule has 0 unspecified atom stereocenters. The van der Waals surface area contributed by atoms with E-state index in [1.54, 1.807) is 14.2 Å². The Hall–Kier alpha value is -3.66. The second-order valence-electron chi connectivity index (χ2n) is 6.34. The Morgan fingerprint density at radius 1 is 0.571 bits per heavy atom. The first kappa shape index (κ1) is 19.1. The minimum atomic E-state index is 0.631. The number of methoxy groups -OCH3 is 2. The zero-order chi connectivity index (χ0) is 19.9. The first-order valence-corrected chi connectivity index (χ1v) is 8.92. The number of anilines is 2. The Balaban J connectivity index is 1.77. The van der Waals surface area contributed by atoms with Gasteiger partial charge in [-0.25, -0.2) is 0 Å². The van der Waals surface area contributed by atoms with Crippen LogP contribution in [-0.2, 0) is 0 Å². The topological polar surface area (TPSA) is 70.5 Å². The summed E-state index contributed by atoms with van der Waals surface area (Å²) in [5, 5.41) is 0. The Kier molecular flexibility index (Phi) is 6.02. The van der Waals surface area contributed by atoms with Gasteiger partial charge in [-0.15, -0.1) is 0 Å². The van der Waals surface area contributed by atoms with Crippen molar-refractivity contribution in [2.24, 2.45) is 0 Å². The van der Waals surface area contributed by atoms with Gasteiger partial charge in [-0.2, -0.15) is 0 Å². The number of ether oxygens (including phenoxy) is 2. The van der Waals surface area contributed by atoms with Gasteiger partial charge in [0.15, 0.2) is 0 Å². The lowest BCUT2D eigenvalue weighted by Crippen LogP contribution is -1.92. The summed E-state index contributed by atoms with van der Waals surface area (Å²) >= 11 is 0. The van der Waals surface area contributed by atoms with Gasteiger partial charge in [0, 0.05) is 0 Å². The van der Waals surface area contributed by atoms with Gasteiger partial charge < -0.3 is 20.9 Å². The molecule has 0 saturated carbocycles. The van der Waals surface area contributed by atoms with Gasteiger partial charge in [-0.3, -0.25) is 0 Å². The van der Waals surface area contributed by atoms with Gasteiger partial charge in [0.25, 0.3) is 0 Å². The fraction of sp³-hybridized carbons (Fsp3) is 0.0833. The number of hydrogen-bond acceptors (Lipinski definition) is 4. The lowest BCUT2D eigenvalue weighted by molar-refractivity contribution is 0.417. The second kappa shape index (κ2) is 8.82. The largest absolute Gasteiger partial charge is 0.495 e. The number of benzene rings is 3. The minimum absolute atomic E-state index is 0.631. The van der Waals surface area contributed by atoms with Gasteiger partial charge in [0.05, 0.1) is 25.6 Å². The van der Waals surface area contributed by atoms with Crippen molar-refractivity contribution in [3.63, 3.8) is 0 Å². The van der Waals surface area contributed by atoms with Crippen molar-refractivity contribution in [3.05, 3.63) is 82.9 Å². The third kappa shape index (κ3) is 4.74. The van der Waals surface area contributed by atoms with E-state index in [1.165, 1.54) is 0 Å². The number of hydrogen-bond donors (Lipinski definition) is 2. The van der Waals surface area contributed by atoms with E-state index >= 15 is 0 Å². The molecule has 0 aliphatic heterocycles. The predicted molar refractivity (Wildman–Crippen MR) is 119 cm³/mol. The van der Waals surface area contributed by atoms with E-state index in [4.69, 9.17) is 20.9 Å². The van der Waals surface area contributed by atoms with Gasteiger partial charge in [0.1, 0.15) is 11.5 Å². The van der Waals surface area contributed by atoms with Gasteiger partial charge >= 0.3 is 0 Å². The molecule has 4 nitrogen and oxygen atoms in total. The Bertz CT molecular complexity index is 944. The third-order valence-corrected chi connectivity index (χ3v) is 4.36. The molecule has 0 radical (unpaired) electrons. The maximum absolute atomic E-state index is 5.86. The van der Waals surface area contributed by atoms with Crippen molar-refractivity contribution in [2.75, 3.05) is 25.7 Å². The van der Waals surface area contributed by atoms with Crippen LogP contribution in [0.1, 0.15) is 22.3 Å². The summed E-state index contributed by atoms with van der Waals surface area (Å²) in [5.74, 6) is 1.36. The van der Waals surface area contributed by atoms with Crippen molar-refractivity contribution < 1.29 is 9.47 Å². The van der Waals surface area contributed by atoms with Crippen LogP contribution in [0, 0.1) is 0 Å². The average molecular weight is 372 g/mol. The van der Waals surface area contributed by atoms with E-state index in [0.717, 1.165) is 22.3 Å². The van der Waals surface area contributed by atoms with Crippen molar-refractivity contribution in [2.45, 2.75) is 0 Å². The quantitative estimate of drug-likeness (QED) is 0.460. The summed E-state index contributed by atoms with van der Waals surface area (Å²) in [7, 11) is 3.23. The highest BCUT2D eigenvalue weighted by Gasteiger charge is 2.00. The zero-order valence-corrected chi connectivity index (χ0v) is 16.1. The van der Waals surface area contributed by atoms with E-state index in [1.807, 2.05) is 54.6 Å². The maximum Gasteiger partial charge on any atom is 0.142 e. The molecule has 0 atom stereocenters. The molecule has 4 heteroatoms. The lowest BCUT2D eigenvalue weighted by atomic mass is 10.1. The molecule has 0 fully saturated rings. The van der Waals surface area contributed by atoms with Gasteiger partial charge in [0.2, 0.25) is 0 Å². The van der Waals surface area contributed by atoms with Crippen molar-refractivity contribution in [1.29, 1.82) is 0 Å². The highest BCUT2D eigenvalue weighted by molar-refractivity contribution is 5.76. The zero-order valence-electron chi connectivity index (χ0n) is 16.1. The van der Waals surface area contributed by atoms with Crippen LogP contribution in [0.2, 0.25) is 0 Å². The molecule has 142 valence electrons. The molecule has 0 saturated heterocycles. The molecule has 4 N–H and O–H groups in total. The minimum Gasteiger partial charge on any atom is -0.495 e. The SMILES string of the molecule is COc1cc(/C=C/c2cccc(/C=C/c3ccc(N)c(OC)c3)c2)ccc1N. The molecule has 0 heterocycles. The molecular weight excluding hydrogens is 348 g/mol. The molecule has 0 bridgehead atoms. The molecule has 0 aliphatic carbocycles. The standard InChI is InChI=1S/C24H24N2O2/c1-27-23-15-19(10-12-21(23)25)8-6-17-4-3-5-18(14-17)7-9-20-11-13-22(26)24(16-20)28-2/h3-16H,25-26H2,1-2H3/b8-6+,9-7+. The lowest BCUT2D eigenvalue weighted by Gasteiger charge is -2.05. The summed E-state index contributed by atoms with van der Waals surface area (Å²) in [4.78, 5) is 0. The number of rotatable bonds is 6. The third-order valence-electron chi connectivity index (χ3n) is 4.36. The summed E-state index contributed by atoms with van der Waals surface area (Å²) in [6.07, 6.45) is 8.20. The fourth-order valence-electron chi connectivity index (χ4n) is 2.81. The van der Waals surface area contributed by atoms with E-state index in [-0.39, 0.29) is 0 Å². The molecule has 28 heavy (non-hydrogen) atoms. The highest BCUT2D eigenvalue weighted by atomic mass is 16.5. The summed E-state index contributed by atoms with van der Waals surface area (Å²) in [6, 6.07) is 19.7. The van der Waals surface area contributed by atoms with Crippen LogP contribution >= 0.6 is 0 Å². The highest BCUT2D eigenvalue weighted by Crippen LogP contribution is 2.24. The van der Waals surface area contributed by atoms with Crippen LogP contribution in [-0.4, -0.2) is 14.2 Å². The summed E-state index contributed by atoms with van der Waals surface area (Å²) in [5.41, 5.74) is 17.3. The molecule has 3 aromatic rings. The first-order chi connectivity index (χ1) is 13.6. The van der Waals surface area contributed by atoms with Crippen LogP contribution in [0.15, 0.2) is 60.7 Å².